The van der Waals surface area contributed by atoms with Gasteiger partial charge in [0, 0.05) is 17.1 Å². The van der Waals surface area contributed by atoms with Crippen molar-refractivity contribution in [3.05, 3.63) is 92.9 Å². The van der Waals surface area contributed by atoms with Crippen LogP contribution in [0.3, 0.4) is 0 Å². The highest BCUT2D eigenvalue weighted by molar-refractivity contribution is 7.92. The largest absolute Gasteiger partial charge is 0.350 e. The number of halogens is 3. The lowest BCUT2D eigenvalue weighted by Crippen LogP contribution is -2.55. The van der Waals surface area contributed by atoms with Crippen molar-refractivity contribution >= 4 is 62.3 Å². The molecular weight excluding hydrogens is 605 g/mol. The standard InChI is InChI=1S/C30H34Cl3N3O4S/c1-6-27(29(38)34-30(3,4)5)35(18-21-9-7-8-10-24(21)31)28(37)19-36(22-13-16-25(32)26(33)17-22)41(39,40)23-14-11-20(2)12-15-23/h7-17,27H,6,18-19H2,1-5H3,(H,34,38)/t27-/m0/s1. The molecule has 0 aliphatic rings. The van der Waals surface area contributed by atoms with Crippen LogP contribution in [0.5, 0.6) is 0 Å². The van der Waals surface area contributed by atoms with Crippen LogP contribution in [0, 0.1) is 6.92 Å². The molecule has 3 rings (SSSR count). The molecule has 0 fully saturated rings. The molecule has 11 heteroatoms. The fourth-order valence-electron chi connectivity index (χ4n) is 4.19. The fourth-order valence-corrected chi connectivity index (χ4v) is 6.08. The highest BCUT2D eigenvalue weighted by Gasteiger charge is 2.35. The minimum atomic E-state index is -4.23. The maximum Gasteiger partial charge on any atom is 0.264 e. The third-order valence-electron chi connectivity index (χ3n) is 6.26. The molecule has 0 radical (unpaired) electrons. The predicted octanol–water partition coefficient (Wildman–Crippen LogP) is 6.87. The molecule has 2 amide bonds. The van der Waals surface area contributed by atoms with Crippen molar-refractivity contribution in [2.24, 2.45) is 0 Å². The Kier molecular flexibility index (Phi) is 10.7. The van der Waals surface area contributed by atoms with Gasteiger partial charge in [-0.15, -0.1) is 0 Å². The predicted molar refractivity (Wildman–Crippen MR) is 166 cm³/mol. The van der Waals surface area contributed by atoms with Crippen molar-refractivity contribution in [2.75, 3.05) is 10.8 Å². The van der Waals surface area contributed by atoms with E-state index in [1.807, 2.05) is 27.7 Å². The van der Waals surface area contributed by atoms with Crippen LogP contribution in [-0.4, -0.2) is 43.3 Å². The molecule has 3 aromatic carbocycles. The van der Waals surface area contributed by atoms with Crippen LogP contribution in [0.25, 0.3) is 0 Å². The maximum atomic E-state index is 14.1. The molecule has 0 saturated carbocycles. The van der Waals surface area contributed by atoms with Gasteiger partial charge in [0.25, 0.3) is 10.0 Å². The van der Waals surface area contributed by atoms with Crippen molar-refractivity contribution in [3.8, 4) is 0 Å². The van der Waals surface area contributed by atoms with Gasteiger partial charge >= 0.3 is 0 Å². The van der Waals surface area contributed by atoms with E-state index in [1.54, 1.807) is 43.3 Å². The number of carbonyl (C=O) groups is 2. The van der Waals surface area contributed by atoms with Gasteiger partial charge in [0.1, 0.15) is 12.6 Å². The summed E-state index contributed by atoms with van der Waals surface area (Å²) in [6.45, 7) is 8.57. The summed E-state index contributed by atoms with van der Waals surface area (Å²) in [6.07, 6.45) is 0.287. The van der Waals surface area contributed by atoms with E-state index < -0.39 is 34.1 Å². The van der Waals surface area contributed by atoms with Crippen molar-refractivity contribution < 1.29 is 18.0 Å². The number of sulfonamides is 1. The summed E-state index contributed by atoms with van der Waals surface area (Å²) in [6, 6.07) is 16.8. The number of hydrogen-bond acceptors (Lipinski definition) is 4. The van der Waals surface area contributed by atoms with Crippen LogP contribution < -0.4 is 9.62 Å². The average molecular weight is 639 g/mol. The summed E-state index contributed by atoms with van der Waals surface area (Å²) in [5, 5.41) is 3.72. The molecule has 1 atom stereocenters. The molecule has 0 aliphatic heterocycles. The molecular formula is C30H34Cl3N3O4S. The molecule has 220 valence electrons. The molecule has 41 heavy (non-hydrogen) atoms. The molecule has 0 heterocycles. The first-order chi connectivity index (χ1) is 19.1. The van der Waals surface area contributed by atoms with Crippen molar-refractivity contribution in [1.82, 2.24) is 10.2 Å². The Bertz CT molecular complexity index is 1510. The lowest BCUT2D eigenvalue weighted by atomic mass is 10.1. The molecule has 3 aromatic rings. The quantitative estimate of drug-likeness (QED) is 0.263. The van der Waals surface area contributed by atoms with Gasteiger partial charge in [-0.2, -0.15) is 0 Å². The van der Waals surface area contributed by atoms with Crippen LogP contribution in [0.1, 0.15) is 45.2 Å². The molecule has 0 aromatic heterocycles. The van der Waals surface area contributed by atoms with Crippen molar-refractivity contribution in [3.63, 3.8) is 0 Å². The summed E-state index contributed by atoms with van der Waals surface area (Å²) in [5.41, 5.74) is 1.10. The lowest BCUT2D eigenvalue weighted by Gasteiger charge is -2.35. The maximum absolute atomic E-state index is 14.1. The number of anilines is 1. The van der Waals surface area contributed by atoms with Crippen LogP contribution in [0.15, 0.2) is 71.6 Å². The molecule has 0 bridgehead atoms. The van der Waals surface area contributed by atoms with E-state index in [4.69, 9.17) is 34.8 Å². The lowest BCUT2D eigenvalue weighted by molar-refractivity contribution is -0.141. The number of nitrogens with one attached hydrogen (secondary N) is 1. The second-order valence-corrected chi connectivity index (χ2v) is 13.8. The monoisotopic (exact) mass is 637 g/mol. The molecule has 1 N–H and O–H groups in total. The second kappa shape index (κ2) is 13.5. The number of rotatable bonds is 10. The van der Waals surface area contributed by atoms with E-state index in [2.05, 4.69) is 5.32 Å². The number of hydrogen-bond donors (Lipinski definition) is 1. The van der Waals surface area contributed by atoms with Gasteiger partial charge < -0.3 is 10.2 Å². The topological polar surface area (TPSA) is 86.8 Å². The Hall–Kier alpha value is -2.78. The van der Waals surface area contributed by atoms with Gasteiger partial charge in [0.15, 0.2) is 0 Å². The van der Waals surface area contributed by atoms with Gasteiger partial charge in [-0.3, -0.25) is 13.9 Å². The van der Waals surface area contributed by atoms with Crippen molar-refractivity contribution in [2.45, 2.75) is 64.1 Å². The van der Waals surface area contributed by atoms with Gasteiger partial charge in [-0.25, -0.2) is 8.42 Å². The van der Waals surface area contributed by atoms with Crippen LogP contribution >= 0.6 is 34.8 Å². The highest BCUT2D eigenvalue weighted by atomic mass is 35.5. The SMILES string of the molecule is CC[C@@H](C(=O)NC(C)(C)C)N(Cc1ccccc1Cl)C(=O)CN(c1ccc(Cl)c(Cl)c1)S(=O)(=O)c1ccc(C)cc1. The Morgan fingerprint density at radius 1 is 0.902 bits per heavy atom. The molecule has 0 unspecified atom stereocenters. The summed E-state index contributed by atoms with van der Waals surface area (Å²) >= 11 is 18.8. The first-order valence-corrected chi connectivity index (χ1v) is 15.6. The number of benzene rings is 3. The first-order valence-electron chi connectivity index (χ1n) is 13.0. The molecule has 7 nitrogen and oxygen atoms in total. The van der Waals surface area contributed by atoms with Gasteiger partial charge in [0.05, 0.1) is 20.6 Å². The third kappa shape index (κ3) is 8.38. The molecule has 0 spiro atoms. The first kappa shape index (κ1) is 32.7. The average Bonchev–Trinajstić information content (AvgIpc) is 2.89. The highest BCUT2D eigenvalue weighted by Crippen LogP contribution is 2.31. The molecule has 0 aliphatic carbocycles. The van der Waals surface area contributed by atoms with Crippen LogP contribution in [0.4, 0.5) is 5.69 Å². The second-order valence-electron chi connectivity index (χ2n) is 10.7. The summed E-state index contributed by atoms with van der Waals surface area (Å²) in [5.74, 6) is -0.953. The summed E-state index contributed by atoms with van der Waals surface area (Å²) in [7, 11) is -4.23. The van der Waals surface area contributed by atoms with Crippen LogP contribution in [-0.2, 0) is 26.2 Å². The Morgan fingerprint density at radius 2 is 1.54 bits per heavy atom. The number of aryl methyl sites for hydroxylation is 1. The van der Waals surface area contributed by atoms with Gasteiger partial charge in [-0.1, -0.05) is 77.6 Å². The Morgan fingerprint density at radius 3 is 2.10 bits per heavy atom. The summed E-state index contributed by atoms with van der Waals surface area (Å²) in [4.78, 5) is 28.9. The van der Waals surface area contributed by atoms with Gasteiger partial charge in [-0.05, 0) is 76.1 Å². The number of carbonyl (C=O) groups excluding carboxylic acids is 2. The summed E-state index contributed by atoms with van der Waals surface area (Å²) < 4.78 is 28.9. The Balaban J connectivity index is 2.11. The Labute approximate surface area is 257 Å². The van der Waals surface area contributed by atoms with E-state index >= 15 is 0 Å². The smallest absolute Gasteiger partial charge is 0.264 e. The van der Waals surface area contributed by atoms with Gasteiger partial charge in [0.2, 0.25) is 11.8 Å². The number of nitrogens with zero attached hydrogens (tertiary/aromatic N) is 2. The van der Waals surface area contributed by atoms with Crippen molar-refractivity contribution in [1.29, 1.82) is 0 Å². The van der Waals surface area contributed by atoms with E-state index in [0.29, 0.717) is 10.6 Å². The zero-order valence-electron chi connectivity index (χ0n) is 23.6. The normalized spacial score (nSPS) is 12.5. The van der Waals surface area contributed by atoms with E-state index in [-0.39, 0.29) is 39.5 Å². The zero-order chi connectivity index (χ0) is 30.5. The van der Waals surface area contributed by atoms with E-state index in [9.17, 15) is 18.0 Å². The fraction of sp³-hybridized carbons (Fsp3) is 0.333. The van der Waals surface area contributed by atoms with E-state index in [1.165, 1.54) is 35.2 Å². The van der Waals surface area contributed by atoms with Crippen LogP contribution in [0.2, 0.25) is 15.1 Å². The minimum Gasteiger partial charge on any atom is -0.350 e. The van der Waals surface area contributed by atoms with E-state index in [0.717, 1.165) is 9.87 Å². The minimum absolute atomic E-state index is 0.00264. The number of amides is 2. The molecule has 0 saturated heterocycles. The zero-order valence-corrected chi connectivity index (χ0v) is 26.7. The third-order valence-corrected chi connectivity index (χ3v) is 9.16.